The van der Waals surface area contributed by atoms with Crippen LogP contribution in [-0.4, -0.2) is 62.1 Å². The van der Waals surface area contributed by atoms with Gasteiger partial charge in [0.15, 0.2) is 11.8 Å². The fourth-order valence-corrected chi connectivity index (χ4v) is 1.15. The zero-order chi connectivity index (χ0) is 10.2. The Morgan fingerprint density at radius 1 is 1.54 bits per heavy atom. The molecule has 0 aromatic rings. The molecule has 1 aliphatic rings. The lowest BCUT2D eigenvalue weighted by molar-refractivity contribution is -0.168. The van der Waals surface area contributed by atoms with Gasteiger partial charge in [0.2, 0.25) is 0 Å². The molecule has 1 saturated heterocycles. The summed E-state index contributed by atoms with van der Waals surface area (Å²) < 4.78 is 0. The molecule has 1 amide bonds. The van der Waals surface area contributed by atoms with Crippen molar-refractivity contribution in [3.05, 3.63) is 0 Å². The minimum Gasteiger partial charge on any atom is -0.393 e. The van der Waals surface area contributed by atoms with Crippen LogP contribution in [0.3, 0.4) is 0 Å². The highest BCUT2D eigenvalue weighted by molar-refractivity contribution is 5.85. The number of carbonyl (C=O) groups is 1. The highest BCUT2D eigenvalue weighted by Crippen LogP contribution is 2.22. The van der Waals surface area contributed by atoms with Crippen molar-refractivity contribution in [1.82, 2.24) is 5.32 Å². The van der Waals surface area contributed by atoms with Gasteiger partial charge in [0.05, 0.1) is 6.61 Å². The van der Waals surface area contributed by atoms with Crippen molar-refractivity contribution in [2.24, 2.45) is 0 Å². The maximum absolute atomic E-state index is 10.7. The van der Waals surface area contributed by atoms with Gasteiger partial charge in [-0.05, 0) is 0 Å². The second kappa shape index (κ2) is 3.20. The van der Waals surface area contributed by atoms with E-state index in [0.29, 0.717) is 0 Å². The third-order valence-corrected chi connectivity index (χ3v) is 2.02. The molecule has 0 aromatic carbocycles. The number of hydrogen-bond donors (Lipinski definition) is 6. The first kappa shape index (κ1) is 10.4. The summed E-state index contributed by atoms with van der Waals surface area (Å²) in [6, 6.07) is 0. The van der Waals surface area contributed by atoms with Gasteiger partial charge in [-0.1, -0.05) is 0 Å². The van der Waals surface area contributed by atoms with E-state index in [0.717, 1.165) is 0 Å². The number of aliphatic hydroxyl groups excluding tert-OH is 4. The van der Waals surface area contributed by atoms with Gasteiger partial charge >= 0.3 is 0 Å². The average molecular weight is 193 g/mol. The lowest BCUT2D eigenvalue weighted by Gasteiger charge is -2.30. The molecule has 0 aromatic heterocycles. The van der Waals surface area contributed by atoms with Crippen molar-refractivity contribution < 1.29 is 30.3 Å². The highest BCUT2D eigenvalue weighted by Gasteiger charge is 2.55. The summed E-state index contributed by atoms with van der Waals surface area (Å²) in [6.45, 7) is -0.847. The second-order valence-corrected chi connectivity index (χ2v) is 2.90. The molecule has 0 saturated carbocycles. The molecule has 0 bridgehead atoms. The lowest BCUT2D eigenvalue weighted by Crippen LogP contribution is -2.59. The summed E-state index contributed by atoms with van der Waals surface area (Å²) in [6.07, 6.45) is -5.41. The molecule has 0 aliphatic carbocycles. The Kier molecular flexibility index (Phi) is 2.55. The fourth-order valence-electron chi connectivity index (χ4n) is 1.15. The van der Waals surface area contributed by atoms with Gasteiger partial charge in [0.1, 0.15) is 12.2 Å². The number of rotatable bonds is 2. The summed E-state index contributed by atoms with van der Waals surface area (Å²) in [4.78, 5) is 10.7. The first-order valence-corrected chi connectivity index (χ1v) is 3.63. The van der Waals surface area contributed by atoms with E-state index in [1.165, 1.54) is 0 Å². The van der Waals surface area contributed by atoms with Gasteiger partial charge in [0, 0.05) is 0 Å². The molecule has 13 heavy (non-hydrogen) atoms. The second-order valence-electron chi connectivity index (χ2n) is 2.90. The summed E-state index contributed by atoms with van der Waals surface area (Å²) >= 11 is 0. The standard InChI is InChI=1S/C6H11NO6/c8-1-2(9)6(13)4(11)3(10)5(12)7-6/h2-4,8-11,13H,1H2,(H,7,12)/t2-,3-,4-,6+/m1/s1. The summed E-state index contributed by atoms with van der Waals surface area (Å²) in [5.41, 5.74) is -2.38. The average Bonchev–Trinajstić information content (AvgIpc) is 2.30. The molecule has 6 N–H and O–H groups in total. The third-order valence-electron chi connectivity index (χ3n) is 2.02. The summed E-state index contributed by atoms with van der Waals surface area (Å²) in [5, 5.41) is 46.8. The Balaban J connectivity index is 2.87. The topological polar surface area (TPSA) is 130 Å². The van der Waals surface area contributed by atoms with E-state index < -0.39 is 36.6 Å². The molecule has 7 heteroatoms. The van der Waals surface area contributed by atoms with E-state index in [4.69, 9.17) is 20.4 Å². The van der Waals surface area contributed by atoms with Crippen molar-refractivity contribution in [1.29, 1.82) is 0 Å². The van der Waals surface area contributed by atoms with Gasteiger partial charge in [-0.25, -0.2) is 0 Å². The zero-order valence-corrected chi connectivity index (χ0v) is 6.58. The van der Waals surface area contributed by atoms with Crippen molar-refractivity contribution in [2.75, 3.05) is 6.61 Å². The van der Waals surface area contributed by atoms with E-state index in [9.17, 15) is 9.90 Å². The molecule has 1 rings (SSSR count). The molecular formula is C6H11NO6. The van der Waals surface area contributed by atoms with Gasteiger partial charge in [0.25, 0.3) is 5.91 Å². The third kappa shape index (κ3) is 1.40. The number of aliphatic hydroxyl groups is 5. The van der Waals surface area contributed by atoms with E-state index in [-0.39, 0.29) is 0 Å². The molecule has 0 radical (unpaired) electrons. The van der Waals surface area contributed by atoms with E-state index in [2.05, 4.69) is 0 Å². The fraction of sp³-hybridized carbons (Fsp3) is 0.833. The Hall–Kier alpha value is -0.730. The molecule has 0 unspecified atom stereocenters. The van der Waals surface area contributed by atoms with Crippen LogP contribution in [0.1, 0.15) is 0 Å². The van der Waals surface area contributed by atoms with Crippen LogP contribution in [0.5, 0.6) is 0 Å². The summed E-state index contributed by atoms with van der Waals surface area (Å²) in [7, 11) is 0. The first-order chi connectivity index (χ1) is 5.93. The maximum Gasteiger partial charge on any atom is 0.254 e. The van der Waals surface area contributed by atoms with Gasteiger partial charge in [-0.15, -0.1) is 0 Å². The molecular weight excluding hydrogens is 182 g/mol. The molecule has 7 nitrogen and oxygen atoms in total. The molecule has 0 spiro atoms. The maximum atomic E-state index is 10.7. The van der Waals surface area contributed by atoms with E-state index in [1.807, 2.05) is 0 Å². The molecule has 1 fully saturated rings. The van der Waals surface area contributed by atoms with Crippen LogP contribution in [0.15, 0.2) is 0 Å². The first-order valence-electron chi connectivity index (χ1n) is 3.63. The van der Waals surface area contributed by atoms with Crippen molar-refractivity contribution in [3.63, 3.8) is 0 Å². The Morgan fingerprint density at radius 3 is 2.38 bits per heavy atom. The monoisotopic (exact) mass is 193 g/mol. The van der Waals surface area contributed by atoms with E-state index in [1.54, 1.807) is 5.32 Å². The Morgan fingerprint density at radius 2 is 2.08 bits per heavy atom. The predicted octanol–water partition coefficient (Wildman–Crippen LogP) is -4.12. The Bertz CT molecular complexity index is 221. The van der Waals surface area contributed by atoms with Crippen LogP contribution in [0.4, 0.5) is 0 Å². The van der Waals surface area contributed by atoms with Crippen molar-refractivity contribution in [3.8, 4) is 0 Å². The van der Waals surface area contributed by atoms with Gasteiger partial charge in [-0.2, -0.15) is 0 Å². The van der Waals surface area contributed by atoms with Crippen LogP contribution < -0.4 is 5.32 Å². The molecule has 1 heterocycles. The van der Waals surface area contributed by atoms with Crippen molar-refractivity contribution in [2.45, 2.75) is 24.0 Å². The Labute approximate surface area is 73.2 Å². The quantitative estimate of drug-likeness (QED) is 0.264. The molecule has 1 aliphatic heterocycles. The largest absolute Gasteiger partial charge is 0.393 e. The molecule has 4 atom stereocenters. The van der Waals surface area contributed by atoms with Crippen LogP contribution in [0.2, 0.25) is 0 Å². The number of carbonyl (C=O) groups excluding carboxylic acids is 1. The van der Waals surface area contributed by atoms with Crippen LogP contribution >= 0.6 is 0 Å². The number of amides is 1. The minimum absolute atomic E-state index is 0.847. The van der Waals surface area contributed by atoms with Crippen LogP contribution in [0, 0.1) is 0 Å². The number of nitrogens with one attached hydrogen (secondary N) is 1. The highest BCUT2D eigenvalue weighted by atomic mass is 16.4. The zero-order valence-electron chi connectivity index (χ0n) is 6.58. The van der Waals surface area contributed by atoms with Crippen LogP contribution in [-0.2, 0) is 4.79 Å². The normalized spacial score (nSPS) is 41.8. The minimum atomic E-state index is -2.38. The SMILES string of the molecule is O=C1N[C@](O)([C@H](O)CO)[C@H](O)[C@H]1O. The lowest BCUT2D eigenvalue weighted by atomic mass is 10.0. The van der Waals surface area contributed by atoms with Crippen LogP contribution in [0.25, 0.3) is 0 Å². The van der Waals surface area contributed by atoms with Gasteiger partial charge < -0.3 is 30.8 Å². The predicted molar refractivity (Wildman–Crippen MR) is 38.2 cm³/mol. The van der Waals surface area contributed by atoms with E-state index >= 15 is 0 Å². The smallest absolute Gasteiger partial charge is 0.254 e. The van der Waals surface area contributed by atoms with Gasteiger partial charge in [-0.3, -0.25) is 4.79 Å². The number of hydrogen-bond acceptors (Lipinski definition) is 6. The van der Waals surface area contributed by atoms with Crippen molar-refractivity contribution >= 4 is 5.91 Å². The summed E-state index contributed by atoms with van der Waals surface area (Å²) in [5.74, 6) is -0.998. The molecule has 76 valence electrons.